The van der Waals surface area contributed by atoms with Crippen molar-refractivity contribution in [2.75, 3.05) is 0 Å². The van der Waals surface area contributed by atoms with Crippen LogP contribution in [-0.2, 0) is 21.8 Å². The summed E-state index contributed by atoms with van der Waals surface area (Å²) in [6, 6.07) is 26.0. The quantitative estimate of drug-likeness (QED) is 0.380. The van der Waals surface area contributed by atoms with Crippen molar-refractivity contribution in [3.63, 3.8) is 0 Å². The maximum absolute atomic E-state index is 12.1. The second kappa shape index (κ2) is 10.9. The standard InChI is InChI=1S/C15H15N2O3S.C10H14.ClH.Ru/c16-13(11-7-3-1-4-8-11)14(17-15(18)21(19)20)12-9-5-2-6-10-12;1-8(2)10-6-4-9(3)5-7-10;;/h1-10,13-14H,16H2,(H,17,18);4-8H,1-3H3;1H;/q;;;+2/p-2/t13-,14-;;;/m1.../s1. The van der Waals surface area contributed by atoms with E-state index in [1.165, 1.54) is 14.8 Å². The van der Waals surface area contributed by atoms with E-state index in [1.54, 1.807) is 0 Å². The van der Waals surface area contributed by atoms with Gasteiger partial charge in [0, 0.05) is 0 Å². The summed E-state index contributed by atoms with van der Waals surface area (Å²) < 4.78 is 24.8. The molecule has 0 radical (unpaired) electrons. The van der Waals surface area contributed by atoms with Gasteiger partial charge in [0.2, 0.25) is 0 Å². The molecule has 1 amide bonds. The van der Waals surface area contributed by atoms with Crippen LogP contribution in [0.2, 0.25) is 0 Å². The zero-order valence-corrected chi connectivity index (χ0v) is 22.0. The van der Waals surface area contributed by atoms with E-state index >= 15 is 0 Å². The van der Waals surface area contributed by atoms with Crippen LogP contribution in [0.4, 0.5) is 4.79 Å². The molecule has 1 aliphatic rings. The summed E-state index contributed by atoms with van der Waals surface area (Å²) in [5, 5.41) is -0.925. The number of rotatable bonds is 5. The topological polar surface area (TPSA) is 80.5 Å². The zero-order valence-electron chi connectivity index (χ0n) is 18.7. The zero-order chi connectivity index (χ0) is 24.2. The molecule has 2 N–H and O–H groups in total. The summed E-state index contributed by atoms with van der Waals surface area (Å²) in [5.74, 6) is 0.653. The third-order valence-corrected chi connectivity index (χ3v) is 15.3. The van der Waals surface area contributed by atoms with Crippen molar-refractivity contribution in [1.29, 1.82) is 0 Å². The molecule has 3 aromatic carbocycles. The van der Waals surface area contributed by atoms with Crippen LogP contribution < -0.4 is 5.73 Å². The third kappa shape index (κ3) is 5.72. The van der Waals surface area contributed by atoms with Gasteiger partial charge >= 0.3 is 143 Å². The second-order valence-electron chi connectivity index (χ2n) is 8.03. The molecule has 1 fully saturated rings. The molecule has 33 heavy (non-hydrogen) atoms. The number of carbonyl (C=O) groups is 1. The van der Waals surface area contributed by atoms with E-state index in [1.807, 2.05) is 60.7 Å². The summed E-state index contributed by atoms with van der Waals surface area (Å²) in [6.45, 7) is 6.54. The number of hydrogen-bond donors (Lipinski definition) is 1. The molecule has 1 aliphatic heterocycles. The third-order valence-electron chi connectivity index (χ3n) is 5.31. The fraction of sp³-hybridized carbons (Fsp3) is 0.240. The molecule has 8 heteroatoms. The SMILES string of the molecule is Cc1ccc(C(C)C)cc1.N[C@H](c1ccccc1)[C@@H](c1ccccc1)[N]1C(=O)[S](=O)(=O)[Ru]1[Cl]. The van der Waals surface area contributed by atoms with Crippen LogP contribution in [0.15, 0.2) is 84.9 Å². The average Bonchev–Trinajstić information content (AvgIpc) is 2.83. The number of halogens is 1. The Morgan fingerprint density at radius 2 is 1.30 bits per heavy atom. The molecule has 0 unspecified atom stereocenters. The van der Waals surface area contributed by atoms with Crippen LogP contribution in [0.25, 0.3) is 0 Å². The molecule has 177 valence electrons. The van der Waals surface area contributed by atoms with E-state index < -0.39 is 39.1 Å². The average molecular weight is 573 g/mol. The Morgan fingerprint density at radius 1 is 0.818 bits per heavy atom. The Hall–Kier alpha value is -2.05. The van der Waals surface area contributed by atoms with Crippen molar-refractivity contribution in [2.24, 2.45) is 5.73 Å². The normalized spacial score (nSPS) is 17.6. The van der Waals surface area contributed by atoms with Crippen LogP contribution in [0.5, 0.6) is 0 Å². The van der Waals surface area contributed by atoms with Gasteiger partial charge in [-0.15, -0.1) is 0 Å². The van der Waals surface area contributed by atoms with E-state index in [0.717, 1.165) is 11.1 Å². The van der Waals surface area contributed by atoms with Crippen LogP contribution in [-0.4, -0.2) is 17.3 Å². The predicted octanol–water partition coefficient (Wildman–Crippen LogP) is 6.00. The first-order chi connectivity index (χ1) is 15.6. The fourth-order valence-electron chi connectivity index (χ4n) is 3.39. The first-order valence-electron chi connectivity index (χ1n) is 10.5. The minimum atomic E-state index is -3.82. The summed E-state index contributed by atoms with van der Waals surface area (Å²) in [6.07, 6.45) is 0. The Balaban J connectivity index is 0.000000257. The molecule has 3 aromatic rings. The molecule has 0 aromatic heterocycles. The van der Waals surface area contributed by atoms with Crippen LogP contribution in [0.1, 0.15) is 54.1 Å². The van der Waals surface area contributed by atoms with Gasteiger partial charge in [-0.3, -0.25) is 0 Å². The van der Waals surface area contributed by atoms with Crippen molar-refractivity contribution in [3.8, 4) is 0 Å². The number of benzene rings is 3. The van der Waals surface area contributed by atoms with Gasteiger partial charge in [-0.2, -0.15) is 0 Å². The van der Waals surface area contributed by atoms with Crippen molar-refractivity contribution in [2.45, 2.75) is 38.8 Å². The summed E-state index contributed by atoms with van der Waals surface area (Å²) in [5.41, 5.74) is 10.7. The van der Waals surface area contributed by atoms with Gasteiger partial charge in [-0.05, 0) is 18.4 Å². The van der Waals surface area contributed by atoms with E-state index in [9.17, 15) is 13.2 Å². The van der Waals surface area contributed by atoms with Gasteiger partial charge in [0.1, 0.15) is 0 Å². The molecule has 0 spiro atoms. The van der Waals surface area contributed by atoms with Crippen LogP contribution in [0, 0.1) is 6.92 Å². The van der Waals surface area contributed by atoms with Gasteiger partial charge in [-0.1, -0.05) is 43.7 Å². The van der Waals surface area contributed by atoms with Crippen LogP contribution >= 0.6 is 9.69 Å². The summed E-state index contributed by atoms with van der Waals surface area (Å²) in [4.78, 5) is 12.1. The first-order valence-corrected chi connectivity index (χ1v) is 17.0. The van der Waals surface area contributed by atoms with Crippen molar-refractivity contribution >= 4 is 22.8 Å². The van der Waals surface area contributed by atoms with Gasteiger partial charge < -0.3 is 0 Å². The summed E-state index contributed by atoms with van der Waals surface area (Å²) in [7, 11) is 2.27. The van der Waals surface area contributed by atoms with Gasteiger partial charge in [0.15, 0.2) is 0 Å². The Labute approximate surface area is 204 Å². The monoisotopic (exact) mass is 573 g/mol. The van der Waals surface area contributed by atoms with E-state index in [2.05, 4.69) is 45.0 Å². The number of hydrogen-bond acceptors (Lipinski definition) is 4. The van der Waals surface area contributed by atoms with Crippen LogP contribution in [0.3, 0.4) is 0 Å². The van der Waals surface area contributed by atoms with E-state index in [4.69, 9.17) is 15.4 Å². The Kier molecular flexibility index (Phi) is 8.46. The maximum atomic E-state index is 12.1. The Bertz CT molecular complexity index is 1170. The fourth-order valence-corrected chi connectivity index (χ4v) is 10.5. The molecule has 0 bridgehead atoms. The molecule has 5 nitrogen and oxygen atoms in total. The van der Waals surface area contributed by atoms with Crippen molar-refractivity contribution in [3.05, 3.63) is 107 Å². The van der Waals surface area contributed by atoms with Crippen molar-refractivity contribution in [1.82, 2.24) is 3.64 Å². The molecule has 0 aliphatic carbocycles. The molecule has 1 saturated heterocycles. The molecule has 0 saturated carbocycles. The second-order valence-corrected chi connectivity index (χ2v) is 17.8. The minimum absolute atomic E-state index is 0.562. The molecule has 2 atom stereocenters. The Morgan fingerprint density at radius 3 is 1.76 bits per heavy atom. The number of amides is 1. The summed E-state index contributed by atoms with van der Waals surface area (Å²) >= 11 is -2.96. The van der Waals surface area contributed by atoms with Crippen molar-refractivity contribution < 1.29 is 27.2 Å². The van der Waals surface area contributed by atoms with Gasteiger partial charge in [0.25, 0.3) is 0 Å². The van der Waals surface area contributed by atoms with E-state index in [0.29, 0.717) is 5.92 Å². The predicted molar refractivity (Wildman–Crippen MR) is 130 cm³/mol. The number of nitrogens with zero attached hydrogens (tertiary/aromatic N) is 1. The van der Waals surface area contributed by atoms with Gasteiger partial charge in [-0.25, -0.2) is 0 Å². The molecule has 1 heterocycles. The molecular formula is C25H28ClN2O3RuS. The van der Waals surface area contributed by atoms with E-state index in [-0.39, 0.29) is 0 Å². The molecule has 4 rings (SSSR count). The molecular weight excluding hydrogens is 545 g/mol. The number of carbonyl (C=O) groups excluding carboxylic acids is 1. The first kappa shape index (κ1) is 25.6. The number of aryl methyl sites for hydroxylation is 1. The van der Waals surface area contributed by atoms with Gasteiger partial charge in [0.05, 0.1) is 0 Å². The number of nitrogens with two attached hydrogens (primary N) is 1.